The SMILES string of the molecule is Cc1ccc(CNC(C)C23CC4CC(CC(C4)C2)C3)o1. The summed E-state index contributed by atoms with van der Waals surface area (Å²) < 4.78 is 5.69. The number of hydrogen-bond donors (Lipinski definition) is 1. The summed E-state index contributed by atoms with van der Waals surface area (Å²) in [5, 5.41) is 3.78. The van der Waals surface area contributed by atoms with Crippen LogP contribution in [-0.2, 0) is 6.54 Å². The van der Waals surface area contributed by atoms with Crippen molar-refractivity contribution < 1.29 is 4.42 Å². The van der Waals surface area contributed by atoms with Crippen LogP contribution in [0.25, 0.3) is 0 Å². The van der Waals surface area contributed by atoms with Gasteiger partial charge in [0.2, 0.25) is 0 Å². The van der Waals surface area contributed by atoms with Crippen LogP contribution >= 0.6 is 0 Å². The molecule has 1 heterocycles. The predicted octanol–water partition coefficient (Wildman–Crippen LogP) is 4.28. The zero-order chi connectivity index (χ0) is 13.7. The summed E-state index contributed by atoms with van der Waals surface area (Å²) in [5.41, 5.74) is 0.594. The Kier molecular flexibility index (Phi) is 2.99. The van der Waals surface area contributed by atoms with Gasteiger partial charge in [-0.15, -0.1) is 0 Å². The van der Waals surface area contributed by atoms with E-state index in [0.29, 0.717) is 11.5 Å². The normalized spacial score (nSPS) is 40.2. The topological polar surface area (TPSA) is 25.2 Å². The lowest BCUT2D eigenvalue weighted by Gasteiger charge is -2.59. The third kappa shape index (κ3) is 2.13. The van der Waals surface area contributed by atoms with Gasteiger partial charge in [-0.1, -0.05) is 0 Å². The van der Waals surface area contributed by atoms with Crippen molar-refractivity contribution in [2.75, 3.05) is 0 Å². The maximum atomic E-state index is 5.69. The fourth-order valence-electron chi connectivity index (χ4n) is 5.76. The standard InChI is InChI=1S/C18H27NO/c1-12-3-4-17(20-12)11-19-13(2)18-8-14-5-15(9-18)7-16(6-14)10-18/h3-4,13-16,19H,5-11H2,1-2H3. The first kappa shape index (κ1) is 12.9. The van der Waals surface area contributed by atoms with E-state index in [1.165, 1.54) is 38.5 Å². The smallest absolute Gasteiger partial charge is 0.117 e. The van der Waals surface area contributed by atoms with Crippen LogP contribution in [0.3, 0.4) is 0 Å². The van der Waals surface area contributed by atoms with E-state index in [9.17, 15) is 0 Å². The number of furan rings is 1. The predicted molar refractivity (Wildman–Crippen MR) is 80.4 cm³/mol. The molecule has 4 aliphatic rings. The van der Waals surface area contributed by atoms with Gasteiger partial charge in [0.1, 0.15) is 11.5 Å². The fourth-order valence-corrected chi connectivity index (χ4v) is 5.76. The molecule has 5 rings (SSSR count). The molecular formula is C18H27NO. The van der Waals surface area contributed by atoms with E-state index in [-0.39, 0.29) is 0 Å². The van der Waals surface area contributed by atoms with Crippen molar-refractivity contribution in [3.63, 3.8) is 0 Å². The summed E-state index contributed by atoms with van der Waals surface area (Å²) in [7, 11) is 0. The van der Waals surface area contributed by atoms with Crippen LogP contribution in [0, 0.1) is 30.1 Å². The van der Waals surface area contributed by atoms with Crippen LogP contribution in [0.5, 0.6) is 0 Å². The molecule has 0 saturated heterocycles. The van der Waals surface area contributed by atoms with E-state index in [0.717, 1.165) is 35.8 Å². The van der Waals surface area contributed by atoms with Gasteiger partial charge in [-0.3, -0.25) is 0 Å². The lowest BCUT2D eigenvalue weighted by molar-refractivity contribution is -0.0708. The molecule has 0 spiro atoms. The Hall–Kier alpha value is -0.760. The second-order valence-electron chi connectivity index (χ2n) is 7.89. The maximum Gasteiger partial charge on any atom is 0.117 e. The Labute approximate surface area is 122 Å². The van der Waals surface area contributed by atoms with E-state index in [4.69, 9.17) is 4.42 Å². The van der Waals surface area contributed by atoms with Crippen LogP contribution in [0.2, 0.25) is 0 Å². The highest BCUT2D eigenvalue weighted by Gasteiger charge is 2.52. The third-order valence-corrected chi connectivity index (χ3v) is 6.38. The minimum Gasteiger partial charge on any atom is -0.465 e. The van der Waals surface area contributed by atoms with Crippen molar-refractivity contribution >= 4 is 0 Å². The Bertz CT molecular complexity index is 454. The second-order valence-corrected chi connectivity index (χ2v) is 7.89. The second kappa shape index (κ2) is 4.62. The Morgan fingerprint density at radius 1 is 1.15 bits per heavy atom. The van der Waals surface area contributed by atoms with Crippen molar-refractivity contribution in [2.24, 2.45) is 23.2 Å². The highest BCUT2D eigenvalue weighted by atomic mass is 16.3. The van der Waals surface area contributed by atoms with E-state index in [1.54, 1.807) is 0 Å². The van der Waals surface area contributed by atoms with Gasteiger partial charge in [0.25, 0.3) is 0 Å². The molecule has 1 N–H and O–H groups in total. The van der Waals surface area contributed by atoms with Crippen LogP contribution in [-0.4, -0.2) is 6.04 Å². The van der Waals surface area contributed by atoms with Gasteiger partial charge in [-0.25, -0.2) is 0 Å². The highest BCUT2D eigenvalue weighted by Crippen LogP contribution is 2.61. The van der Waals surface area contributed by atoms with Gasteiger partial charge in [0.05, 0.1) is 6.54 Å². The zero-order valence-corrected chi connectivity index (χ0v) is 12.8. The Balaban J connectivity index is 1.44. The summed E-state index contributed by atoms with van der Waals surface area (Å²) >= 11 is 0. The average Bonchev–Trinajstić information content (AvgIpc) is 2.80. The van der Waals surface area contributed by atoms with Crippen LogP contribution in [0.4, 0.5) is 0 Å². The van der Waals surface area contributed by atoms with Gasteiger partial charge < -0.3 is 9.73 Å². The molecule has 2 heteroatoms. The van der Waals surface area contributed by atoms with Gasteiger partial charge in [0, 0.05) is 6.04 Å². The molecule has 0 aromatic carbocycles. The first-order valence-electron chi connectivity index (χ1n) is 8.42. The van der Waals surface area contributed by atoms with Gasteiger partial charge in [-0.2, -0.15) is 0 Å². The minimum atomic E-state index is 0.594. The molecule has 4 aliphatic carbocycles. The molecule has 1 atom stereocenters. The van der Waals surface area contributed by atoms with Gasteiger partial charge in [0.15, 0.2) is 0 Å². The quantitative estimate of drug-likeness (QED) is 0.885. The molecule has 1 aromatic heterocycles. The lowest BCUT2D eigenvalue weighted by Crippen LogP contribution is -2.54. The van der Waals surface area contributed by atoms with E-state index in [1.807, 2.05) is 6.92 Å². The summed E-state index contributed by atoms with van der Waals surface area (Å²) in [6.07, 6.45) is 9.02. The molecule has 2 nitrogen and oxygen atoms in total. The Morgan fingerprint density at radius 2 is 1.75 bits per heavy atom. The van der Waals surface area contributed by atoms with E-state index >= 15 is 0 Å². The zero-order valence-electron chi connectivity index (χ0n) is 12.8. The third-order valence-electron chi connectivity index (χ3n) is 6.38. The summed E-state index contributed by atoms with van der Waals surface area (Å²) in [6, 6.07) is 4.79. The minimum absolute atomic E-state index is 0.594. The number of rotatable bonds is 4. The van der Waals surface area contributed by atoms with Crippen molar-refractivity contribution in [1.82, 2.24) is 5.32 Å². The van der Waals surface area contributed by atoms with E-state index in [2.05, 4.69) is 24.4 Å². The molecular weight excluding hydrogens is 246 g/mol. The molecule has 0 aliphatic heterocycles. The summed E-state index contributed by atoms with van der Waals surface area (Å²) in [6.45, 7) is 5.33. The van der Waals surface area contributed by atoms with Crippen molar-refractivity contribution in [3.8, 4) is 0 Å². The summed E-state index contributed by atoms with van der Waals surface area (Å²) in [4.78, 5) is 0. The molecule has 4 saturated carbocycles. The first-order valence-corrected chi connectivity index (χ1v) is 8.42. The van der Waals surface area contributed by atoms with E-state index < -0.39 is 0 Å². The molecule has 110 valence electrons. The van der Waals surface area contributed by atoms with Crippen LogP contribution in [0.15, 0.2) is 16.5 Å². The molecule has 1 aromatic rings. The van der Waals surface area contributed by atoms with Crippen molar-refractivity contribution in [1.29, 1.82) is 0 Å². The van der Waals surface area contributed by atoms with Crippen LogP contribution in [0.1, 0.15) is 57.0 Å². The lowest BCUT2D eigenvalue weighted by atomic mass is 9.48. The van der Waals surface area contributed by atoms with Gasteiger partial charge >= 0.3 is 0 Å². The fraction of sp³-hybridized carbons (Fsp3) is 0.778. The first-order chi connectivity index (χ1) is 9.63. The maximum absolute atomic E-state index is 5.69. The molecule has 20 heavy (non-hydrogen) atoms. The summed E-state index contributed by atoms with van der Waals surface area (Å²) in [5.74, 6) is 5.22. The number of aryl methyl sites for hydroxylation is 1. The largest absolute Gasteiger partial charge is 0.465 e. The van der Waals surface area contributed by atoms with Crippen molar-refractivity contribution in [2.45, 2.75) is 65.0 Å². The molecule has 0 radical (unpaired) electrons. The number of hydrogen-bond acceptors (Lipinski definition) is 2. The molecule has 1 unspecified atom stereocenters. The molecule has 4 bridgehead atoms. The van der Waals surface area contributed by atoms with Gasteiger partial charge in [-0.05, 0) is 87.7 Å². The monoisotopic (exact) mass is 273 g/mol. The highest BCUT2D eigenvalue weighted by molar-refractivity contribution is 5.08. The molecule has 4 fully saturated rings. The number of nitrogens with one attached hydrogen (secondary N) is 1. The van der Waals surface area contributed by atoms with Crippen LogP contribution < -0.4 is 5.32 Å². The van der Waals surface area contributed by atoms with Crippen molar-refractivity contribution in [3.05, 3.63) is 23.7 Å². The Morgan fingerprint density at radius 3 is 2.25 bits per heavy atom. The average molecular weight is 273 g/mol. The molecule has 0 amide bonds.